The highest BCUT2D eigenvalue weighted by Crippen LogP contribution is 2.28. The van der Waals surface area contributed by atoms with Crippen molar-refractivity contribution in [2.75, 3.05) is 5.32 Å². The predicted octanol–water partition coefficient (Wildman–Crippen LogP) is 4.62. The SMILES string of the molecule is Cc1cc(Nc2ccc(Cl)c(Cl)c2)c(C#N)c(C)n1. The lowest BCUT2D eigenvalue weighted by molar-refractivity contribution is 1.11. The van der Waals surface area contributed by atoms with Gasteiger partial charge in [-0.3, -0.25) is 4.98 Å². The third-order valence-electron chi connectivity index (χ3n) is 2.64. The molecule has 96 valence electrons. The van der Waals surface area contributed by atoms with Crippen LogP contribution in [0.3, 0.4) is 0 Å². The van der Waals surface area contributed by atoms with Crippen molar-refractivity contribution in [1.29, 1.82) is 5.26 Å². The van der Waals surface area contributed by atoms with E-state index in [2.05, 4.69) is 16.4 Å². The van der Waals surface area contributed by atoms with Gasteiger partial charge in [0.15, 0.2) is 0 Å². The lowest BCUT2D eigenvalue weighted by Gasteiger charge is -2.11. The van der Waals surface area contributed by atoms with Crippen molar-refractivity contribution in [3.8, 4) is 6.07 Å². The number of nitriles is 1. The first kappa shape index (κ1) is 13.7. The lowest BCUT2D eigenvalue weighted by atomic mass is 10.1. The van der Waals surface area contributed by atoms with Crippen molar-refractivity contribution in [3.63, 3.8) is 0 Å². The van der Waals surface area contributed by atoms with Crippen LogP contribution < -0.4 is 5.32 Å². The number of pyridine rings is 1. The Morgan fingerprint density at radius 2 is 1.89 bits per heavy atom. The summed E-state index contributed by atoms with van der Waals surface area (Å²) in [6, 6.07) is 9.21. The summed E-state index contributed by atoms with van der Waals surface area (Å²) < 4.78 is 0. The van der Waals surface area contributed by atoms with Gasteiger partial charge in [-0.1, -0.05) is 23.2 Å². The molecule has 3 nitrogen and oxygen atoms in total. The molecule has 0 amide bonds. The number of rotatable bonds is 2. The van der Waals surface area contributed by atoms with Gasteiger partial charge in [0.05, 0.1) is 27.0 Å². The maximum absolute atomic E-state index is 9.19. The molecule has 1 heterocycles. The van der Waals surface area contributed by atoms with Crippen molar-refractivity contribution in [2.24, 2.45) is 0 Å². The van der Waals surface area contributed by atoms with Crippen LogP contribution in [0, 0.1) is 25.2 Å². The van der Waals surface area contributed by atoms with Gasteiger partial charge >= 0.3 is 0 Å². The minimum absolute atomic E-state index is 0.465. The van der Waals surface area contributed by atoms with Crippen molar-refractivity contribution in [1.82, 2.24) is 4.98 Å². The van der Waals surface area contributed by atoms with Crippen LogP contribution in [0.25, 0.3) is 0 Å². The molecule has 0 atom stereocenters. The summed E-state index contributed by atoms with van der Waals surface area (Å²) in [4.78, 5) is 4.27. The maximum Gasteiger partial charge on any atom is 0.103 e. The van der Waals surface area contributed by atoms with E-state index >= 15 is 0 Å². The highest BCUT2D eigenvalue weighted by atomic mass is 35.5. The smallest absolute Gasteiger partial charge is 0.103 e. The number of nitrogens with one attached hydrogen (secondary N) is 1. The van der Waals surface area contributed by atoms with Crippen LogP contribution in [0.4, 0.5) is 11.4 Å². The second-order valence-corrected chi connectivity index (χ2v) is 4.95. The van der Waals surface area contributed by atoms with Gasteiger partial charge < -0.3 is 5.32 Å². The Kier molecular flexibility index (Phi) is 3.94. The Morgan fingerprint density at radius 1 is 1.16 bits per heavy atom. The molecule has 0 unspecified atom stereocenters. The monoisotopic (exact) mass is 291 g/mol. The first-order valence-electron chi connectivity index (χ1n) is 5.61. The summed E-state index contributed by atoms with van der Waals surface area (Å²) in [5.74, 6) is 0. The van der Waals surface area contributed by atoms with Crippen LogP contribution in [0.5, 0.6) is 0 Å². The van der Waals surface area contributed by atoms with E-state index in [-0.39, 0.29) is 0 Å². The molecular formula is C14H11Cl2N3. The van der Waals surface area contributed by atoms with Crippen LogP contribution in [0.2, 0.25) is 10.0 Å². The summed E-state index contributed by atoms with van der Waals surface area (Å²) in [7, 11) is 0. The Morgan fingerprint density at radius 3 is 2.53 bits per heavy atom. The summed E-state index contributed by atoms with van der Waals surface area (Å²) in [5.41, 5.74) is 3.56. The van der Waals surface area contributed by atoms with Crippen LogP contribution in [0.15, 0.2) is 24.3 Å². The third kappa shape index (κ3) is 2.98. The minimum atomic E-state index is 0.465. The zero-order valence-corrected chi connectivity index (χ0v) is 12.0. The molecule has 1 N–H and O–H groups in total. The first-order valence-corrected chi connectivity index (χ1v) is 6.37. The molecule has 0 bridgehead atoms. The van der Waals surface area contributed by atoms with E-state index in [4.69, 9.17) is 23.2 Å². The highest BCUT2D eigenvalue weighted by molar-refractivity contribution is 6.42. The number of hydrogen-bond donors (Lipinski definition) is 1. The average Bonchev–Trinajstić information content (AvgIpc) is 2.33. The van der Waals surface area contributed by atoms with Crippen LogP contribution in [-0.2, 0) is 0 Å². The Balaban J connectivity index is 2.43. The second kappa shape index (κ2) is 5.48. The number of aryl methyl sites for hydroxylation is 2. The van der Waals surface area contributed by atoms with E-state index in [9.17, 15) is 5.26 Å². The molecule has 0 saturated carbocycles. The number of benzene rings is 1. The second-order valence-electron chi connectivity index (χ2n) is 4.14. The zero-order chi connectivity index (χ0) is 14.0. The van der Waals surface area contributed by atoms with E-state index < -0.39 is 0 Å². The number of nitrogens with zero attached hydrogens (tertiary/aromatic N) is 2. The van der Waals surface area contributed by atoms with Gasteiger partial charge in [0, 0.05) is 11.4 Å². The van der Waals surface area contributed by atoms with Gasteiger partial charge in [-0.15, -0.1) is 0 Å². The fourth-order valence-electron chi connectivity index (χ4n) is 1.80. The van der Waals surface area contributed by atoms with Gasteiger partial charge in [0.1, 0.15) is 6.07 Å². The number of aromatic nitrogens is 1. The summed E-state index contributed by atoms with van der Waals surface area (Å²) >= 11 is 11.8. The van der Waals surface area contributed by atoms with Gasteiger partial charge in [-0.25, -0.2) is 0 Å². The van der Waals surface area contributed by atoms with Crippen LogP contribution >= 0.6 is 23.2 Å². The molecule has 0 aliphatic carbocycles. The van der Waals surface area contributed by atoms with Crippen molar-refractivity contribution >= 4 is 34.6 Å². The standard InChI is InChI=1S/C14H11Cl2N3/c1-8-5-14(11(7-17)9(2)18-8)19-10-3-4-12(15)13(16)6-10/h3-6H,1-2H3,(H,18,19). The fourth-order valence-corrected chi connectivity index (χ4v) is 2.10. The number of hydrogen-bond acceptors (Lipinski definition) is 3. The lowest BCUT2D eigenvalue weighted by Crippen LogP contribution is -1.99. The van der Waals surface area contributed by atoms with Crippen molar-refractivity contribution in [2.45, 2.75) is 13.8 Å². The molecule has 2 rings (SSSR count). The molecule has 0 aliphatic heterocycles. The van der Waals surface area contributed by atoms with Gasteiger partial charge in [-0.05, 0) is 38.1 Å². The van der Waals surface area contributed by atoms with Gasteiger partial charge in [-0.2, -0.15) is 5.26 Å². The topological polar surface area (TPSA) is 48.7 Å². The average molecular weight is 292 g/mol. The largest absolute Gasteiger partial charge is 0.354 e. The number of halogens is 2. The molecule has 0 radical (unpaired) electrons. The van der Waals surface area contributed by atoms with E-state index in [0.29, 0.717) is 27.0 Å². The molecule has 19 heavy (non-hydrogen) atoms. The van der Waals surface area contributed by atoms with E-state index in [1.165, 1.54) is 0 Å². The first-order chi connectivity index (χ1) is 9.01. The maximum atomic E-state index is 9.19. The van der Waals surface area contributed by atoms with E-state index in [1.807, 2.05) is 19.9 Å². The third-order valence-corrected chi connectivity index (χ3v) is 3.38. The highest BCUT2D eigenvalue weighted by Gasteiger charge is 2.09. The van der Waals surface area contributed by atoms with Crippen LogP contribution in [-0.4, -0.2) is 4.98 Å². The van der Waals surface area contributed by atoms with E-state index in [1.54, 1.807) is 18.2 Å². The molecule has 1 aromatic heterocycles. The Hall–Kier alpha value is -1.76. The molecule has 0 saturated heterocycles. The minimum Gasteiger partial charge on any atom is -0.354 e. The van der Waals surface area contributed by atoms with Crippen molar-refractivity contribution in [3.05, 3.63) is 51.3 Å². The summed E-state index contributed by atoms with van der Waals surface area (Å²) in [6.45, 7) is 3.69. The molecule has 0 aliphatic rings. The molecular weight excluding hydrogens is 281 g/mol. The molecule has 1 aromatic carbocycles. The fraction of sp³-hybridized carbons (Fsp3) is 0.143. The van der Waals surface area contributed by atoms with Crippen LogP contribution in [0.1, 0.15) is 17.0 Å². The van der Waals surface area contributed by atoms with E-state index in [0.717, 1.165) is 11.4 Å². The molecule has 0 fully saturated rings. The van der Waals surface area contributed by atoms with Gasteiger partial charge in [0.25, 0.3) is 0 Å². The number of anilines is 2. The quantitative estimate of drug-likeness (QED) is 0.878. The van der Waals surface area contributed by atoms with Gasteiger partial charge in [0.2, 0.25) is 0 Å². The normalized spacial score (nSPS) is 10.1. The molecule has 0 spiro atoms. The van der Waals surface area contributed by atoms with Crippen molar-refractivity contribution < 1.29 is 0 Å². The zero-order valence-electron chi connectivity index (χ0n) is 10.5. The molecule has 5 heteroatoms. The molecule has 2 aromatic rings. The summed E-state index contributed by atoms with van der Waals surface area (Å²) in [6.07, 6.45) is 0. The Bertz CT molecular complexity index is 675. The summed E-state index contributed by atoms with van der Waals surface area (Å²) in [5, 5.41) is 13.3. The Labute approximate surface area is 121 Å². The predicted molar refractivity (Wildman–Crippen MR) is 78.2 cm³/mol.